The minimum atomic E-state index is -4.68. The molecule has 1 aromatic rings. The molecule has 0 aromatic heterocycles. The van der Waals surface area contributed by atoms with Gasteiger partial charge in [0, 0.05) is 32.8 Å². The number of likely N-dealkylation sites (tertiary alicyclic amines) is 1. The molecule has 7 heteroatoms. The van der Waals surface area contributed by atoms with Crippen LogP contribution in [0.3, 0.4) is 0 Å². The predicted molar refractivity (Wildman–Crippen MR) is 74.7 cm³/mol. The number of hydrogen-bond acceptors (Lipinski definition) is 3. The van der Waals surface area contributed by atoms with E-state index < -0.39 is 17.6 Å². The van der Waals surface area contributed by atoms with Gasteiger partial charge < -0.3 is 10.5 Å². The molecule has 2 unspecified atom stereocenters. The second-order valence-corrected chi connectivity index (χ2v) is 5.55. The number of ether oxygens (including phenoxy) is 1. The van der Waals surface area contributed by atoms with Crippen molar-refractivity contribution in [1.82, 2.24) is 4.90 Å². The lowest BCUT2D eigenvalue weighted by molar-refractivity contribution is -0.140. The van der Waals surface area contributed by atoms with Crippen molar-refractivity contribution in [2.24, 2.45) is 5.73 Å². The zero-order valence-corrected chi connectivity index (χ0v) is 12.4. The van der Waals surface area contributed by atoms with E-state index >= 15 is 0 Å². The molecule has 1 aromatic carbocycles. The van der Waals surface area contributed by atoms with Gasteiger partial charge in [-0.25, -0.2) is 4.39 Å². The van der Waals surface area contributed by atoms with Crippen LogP contribution in [0.2, 0.25) is 0 Å². The van der Waals surface area contributed by atoms with E-state index in [-0.39, 0.29) is 12.1 Å². The van der Waals surface area contributed by atoms with Crippen LogP contribution < -0.4 is 5.73 Å². The number of benzene rings is 1. The van der Waals surface area contributed by atoms with Gasteiger partial charge in [-0.2, -0.15) is 13.2 Å². The summed E-state index contributed by atoms with van der Waals surface area (Å²) in [5, 5.41) is 0. The number of methoxy groups -OCH3 is 1. The summed E-state index contributed by atoms with van der Waals surface area (Å²) < 4.78 is 56.9. The van der Waals surface area contributed by atoms with Crippen LogP contribution in [0.25, 0.3) is 0 Å². The molecular weight excluding hydrogens is 300 g/mol. The summed E-state index contributed by atoms with van der Waals surface area (Å²) in [7, 11) is 1.64. The molecule has 2 N–H and O–H groups in total. The summed E-state index contributed by atoms with van der Waals surface area (Å²) in [5.41, 5.74) is 4.96. The van der Waals surface area contributed by atoms with Gasteiger partial charge in [-0.05, 0) is 30.5 Å². The Morgan fingerprint density at radius 1 is 1.36 bits per heavy atom. The predicted octanol–water partition coefficient (Wildman–Crippen LogP) is 2.78. The Balaban J connectivity index is 2.13. The Morgan fingerprint density at radius 2 is 2.09 bits per heavy atom. The van der Waals surface area contributed by atoms with Crippen LogP contribution in [0.4, 0.5) is 17.6 Å². The van der Waals surface area contributed by atoms with Crippen molar-refractivity contribution in [2.45, 2.75) is 37.7 Å². The number of piperidine rings is 1. The molecule has 0 saturated carbocycles. The van der Waals surface area contributed by atoms with Gasteiger partial charge in [0.2, 0.25) is 0 Å². The Hall–Kier alpha value is -1.18. The molecule has 0 radical (unpaired) electrons. The molecule has 1 aliphatic heterocycles. The lowest BCUT2D eigenvalue weighted by Crippen LogP contribution is -2.48. The second kappa shape index (κ2) is 6.93. The van der Waals surface area contributed by atoms with Gasteiger partial charge in [0.15, 0.2) is 0 Å². The molecule has 1 fully saturated rings. The lowest BCUT2D eigenvalue weighted by atomic mass is 9.98. The van der Waals surface area contributed by atoms with Crippen LogP contribution in [-0.2, 0) is 17.5 Å². The van der Waals surface area contributed by atoms with E-state index in [1.807, 2.05) is 4.90 Å². The van der Waals surface area contributed by atoms with Gasteiger partial charge in [0.05, 0.1) is 11.7 Å². The number of hydrogen-bond donors (Lipinski definition) is 1. The molecular formula is C15H20F4N2O. The smallest absolute Gasteiger partial charge is 0.381 e. The molecule has 2 rings (SSSR count). The average molecular weight is 320 g/mol. The lowest BCUT2D eigenvalue weighted by Gasteiger charge is -2.38. The molecule has 0 spiro atoms. The fourth-order valence-electron chi connectivity index (χ4n) is 2.85. The third kappa shape index (κ3) is 3.97. The number of nitrogens with two attached hydrogens (primary N) is 1. The van der Waals surface area contributed by atoms with Crippen LogP contribution in [-0.4, -0.2) is 37.2 Å². The summed E-state index contributed by atoms with van der Waals surface area (Å²) >= 11 is 0. The number of nitrogens with zero attached hydrogens (tertiary/aromatic N) is 1. The maximum atomic E-state index is 13.3. The van der Waals surface area contributed by atoms with Crippen molar-refractivity contribution in [2.75, 3.05) is 20.2 Å². The van der Waals surface area contributed by atoms with Gasteiger partial charge in [-0.15, -0.1) is 0 Å². The van der Waals surface area contributed by atoms with Crippen LogP contribution in [0.5, 0.6) is 0 Å². The summed E-state index contributed by atoms with van der Waals surface area (Å²) in [6, 6.07) is 3.20. The average Bonchev–Trinajstić information content (AvgIpc) is 2.48. The molecule has 1 heterocycles. The van der Waals surface area contributed by atoms with Gasteiger partial charge >= 0.3 is 6.18 Å². The highest BCUT2D eigenvalue weighted by Gasteiger charge is 2.34. The van der Waals surface area contributed by atoms with Gasteiger partial charge in [-0.3, -0.25) is 4.90 Å². The SMILES string of the molecule is COC1CCN(Cc2ccc(F)c(C(F)(F)F)c2)C(CN)C1. The van der Waals surface area contributed by atoms with Crippen molar-refractivity contribution < 1.29 is 22.3 Å². The number of alkyl halides is 3. The van der Waals surface area contributed by atoms with E-state index in [4.69, 9.17) is 10.5 Å². The molecule has 124 valence electrons. The maximum absolute atomic E-state index is 13.3. The first kappa shape index (κ1) is 17.2. The first-order valence-corrected chi connectivity index (χ1v) is 7.17. The van der Waals surface area contributed by atoms with Crippen molar-refractivity contribution >= 4 is 0 Å². The fourth-order valence-corrected chi connectivity index (χ4v) is 2.85. The third-order valence-corrected chi connectivity index (χ3v) is 4.12. The zero-order chi connectivity index (χ0) is 16.3. The summed E-state index contributed by atoms with van der Waals surface area (Å²) in [6.45, 7) is 1.42. The van der Waals surface area contributed by atoms with Gasteiger partial charge in [0.25, 0.3) is 0 Å². The van der Waals surface area contributed by atoms with E-state index in [9.17, 15) is 17.6 Å². The van der Waals surface area contributed by atoms with Gasteiger partial charge in [0.1, 0.15) is 5.82 Å². The van der Waals surface area contributed by atoms with Crippen molar-refractivity contribution in [1.29, 1.82) is 0 Å². The Bertz CT molecular complexity index is 507. The van der Waals surface area contributed by atoms with E-state index in [2.05, 4.69) is 0 Å². The molecule has 2 atom stereocenters. The molecule has 1 aliphatic rings. The second-order valence-electron chi connectivity index (χ2n) is 5.55. The monoisotopic (exact) mass is 320 g/mol. The van der Waals surface area contributed by atoms with Crippen LogP contribution in [0.1, 0.15) is 24.0 Å². The van der Waals surface area contributed by atoms with E-state index in [1.165, 1.54) is 6.07 Å². The highest BCUT2D eigenvalue weighted by molar-refractivity contribution is 5.27. The Morgan fingerprint density at radius 3 is 2.68 bits per heavy atom. The molecule has 0 aliphatic carbocycles. The molecule has 3 nitrogen and oxygen atoms in total. The molecule has 1 saturated heterocycles. The fraction of sp³-hybridized carbons (Fsp3) is 0.600. The quantitative estimate of drug-likeness (QED) is 0.867. The van der Waals surface area contributed by atoms with Crippen LogP contribution in [0.15, 0.2) is 18.2 Å². The van der Waals surface area contributed by atoms with Gasteiger partial charge in [-0.1, -0.05) is 6.07 Å². The highest BCUT2D eigenvalue weighted by Crippen LogP contribution is 2.32. The summed E-state index contributed by atoms with van der Waals surface area (Å²) in [6.07, 6.45) is -3.00. The molecule has 22 heavy (non-hydrogen) atoms. The standard InChI is InChI=1S/C15H20F4N2O/c1-22-12-4-5-21(11(7-12)8-20)9-10-2-3-14(16)13(6-10)15(17,18)19/h2-3,6,11-12H,4-5,7-9,20H2,1H3. The normalized spacial score (nSPS) is 23.7. The summed E-state index contributed by atoms with van der Waals surface area (Å²) in [5.74, 6) is -1.25. The topological polar surface area (TPSA) is 38.5 Å². The van der Waals surface area contributed by atoms with E-state index in [0.29, 0.717) is 25.2 Å². The van der Waals surface area contributed by atoms with Crippen LogP contribution >= 0.6 is 0 Å². The molecule has 0 bridgehead atoms. The number of rotatable bonds is 4. The van der Waals surface area contributed by atoms with Crippen molar-refractivity contribution in [3.63, 3.8) is 0 Å². The minimum Gasteiger partial charge on any atom is -0.381 e. The third-order valence-electron chi connectivity index (χ3n) is 4.12. The van der Waals surface area contributed by atoms with E-state index in [1.54, 1.807) is 7.11 Å². The maximum Gasteiger partial charge on any atom is 0.419 e. The van der Waals surface area contributed by atoms with Crippen LogP contribution in [0, 0.1) is 5.82 Å². The highest BCUT2D eigenvalue weighted by atomic mass is 19.4. The molecule has 0 amide bonds. The first-order chi connectivity index (χ1) is 10.3. The number of halogens is 4. The largest absolute Gasteiger partial charge is 0.419 e. The minimum absolute atomic E-state index is 0.0538. The first-order valence-electron chi connectivity index (χ1n) is 7.17. The zero-order valence-electron chi connectivity index (χ0n) is 12.4. The van der Waals surface area contributed by atoms with Crippen molar-refractivity contribution in [3.8, 4) is 0 Å². The Kier molecular flexibility index (Phi) is 5.41. The van der Waals surface area contributed by atoms with E-state index in [0.717, 1.165) is 25.0 Å². The summed E-state index contributed by atoms with van der Waals surface area (Å²) in [4.78, 5) is 2.03. The Labute approximate surface area is 127 Å². The van der Waals surface area contributed by atoms with Crippen molar-refractivity contribution in [3.05, 3.63) is 35.1 Å².